The highest BCUT2D eigenvalue weighted by molar-refractivity contribution is 14.1. The molecule has 2 heteroatoms. The summed E-state index contributed by atoms with van der Waals surface area (Å²) in [6, 6.07) is 18.9. The van der Waals surface area contributed by atoms with E-state index < -0.39 is 0 Å². The highest BCUT2D eigenvalue weighted by Gasteiger charge is 2.03. The minimum absolute atomic E-state index is 1.03. The van der Waals surface area contributed by atoms with E-state index in [2.05, 4.69) is 82.2 Å². The maximum atomic E-state index is 4.49. The summed E-state index contributed by atoms with van der Waals surface area (Å²) in [4.78, 5) is 4.49. The van der Waals surface area contributed by atoms with Gasteiger partial charge >= 0.3 is 0 Å². The fraction of sp³-hybridized carbons (Fsp3) is 0. The molecule has 1 heterocycles. The van der Waals surface area contributed by atoms with Crippen molar-refractivity contribution in [3.05, 3.63) is 64.4 Å². The minimum Gasteiger partial charge on any atom is -0.255 e. The smallest absolute Gasteiger partial charge is 0.0709 e. The normalized spacial score (nSPS) is 10.6. The third-order valence-electron chi connectivity index (χ3n) is 2.79. The number of aromatic nitrogens is 1. The van der Waals surface area contributed by atoms with Crippen LogP contribution in [0.4, 0.5) is 0 Å². The van der Waals surface area contributed by atoms with E-state index >= 15 is 0 Å². The maximum Gasteiger partial charge on any atom is 0.0709 e. The summed E-state index contributed by atoms with van der Waals surface area (Å²) in [7, 11) is 0. The van der Waals surface area contributed by atoms with Crippen molar-refractivity contribution in [2.24, 2.45) is 0 Å². The average Bonchev–Trinajstić information content (AvgIpc) is 2.39. The zero-order valence-corrected chi connectivity index (χ0v) is 11.3. The Morgan fingerprint density at radius 3 is 2.47 bits per heavy atom. The monoisotopic (exact) mass is 331 g/mol. The van der Waals surface area contributed by atoms with Crippen LogP contribution >= 0.6 is 22.6 Å². The van der Waals surface area contributed by atoms with Crippen molar-refractivity contribution in [2.75, 3.05) is 0 Å². The van der Waals surface area contributed by atoms with Gasteiger partial charge in [0.15, 0.2) is 0 Å². The van der Waals surface area contributed by atoms with E-state index in [9.17, 15) is 0 Å². The van der Waals surface area contributed by atoms with E-state index in [-0.39, 0.29) is 0 Å². The fourth-order valence-corrected chi connectivity index (χ4v) is 2.30. The van der Waals surface area contributed by atoms with Crippen LogP contribution in [-0.2, 0) is 0 Å². The molecule has 0 aliphatic rings. The standard InChI is InChI=1S/C15H10IN/c16-12-8-9-15(17-10-12)14-7-3-5-11-4-1-2-6-13(11)14/h1-10H. The summed E-state index contributed by atoms with van der Waals surface area (Å²) in [6.45, 7) is 0. The number of benzene rings is 2. The number of fused-ring (bicyclic) bond motifs is 1. The molecule has 0 unspecified atom stereocenters. The average molecular weight is 331 g/mol. The minimum atomic E-state index is 1.03. The molecule has 0 fully saturated rings. The van der Waals surface area contributed by atoms with Crippen LogP contribution in [0.15, 0.2) is 60.8 Å². The van der Waals surface area contributed by atoms with Gasteiger partial charge in [0.05, 0.1) is 5.69 Å². The van der Waals surface area contributed by atoms with Crippen molar-refractivity contribution in [3.63, 3.8) is 0 Å². The lowest BCUT2D eigenvalue weighted by Gasteiger charge is -2.05. The lowest BCUT2D eigenvalue weighted by Crippen LogP contribution is -1.85. The van der Waals surface area contributed by atoms with Crippen molar-refractivity contribution in [3.8, 4) is 11.3 Å². The Morgan fingerprint density at radius 1 is 0.824 bits per heavy atom. The van der Waals surface area contributed by atoms with E-state index in [0.29, 0.717) is 0 Å². The van der Waals surface area contributed by atoms with Gasteiger partial charge in [-0.1, -0.05) is 42.5 Å². The second-order valence-electron chi connectivity index (χ2n) is 3.89. The van der Waals surface area contributed by atoms with Gasteiger partial charge in [0.2, 0.25) is 0 Å². The number of hydrogen-bond donors (Lipinski definition) is 0. The summed E-state index contributed by atoms with van der Waals surface area (Å²) in [5.74, 6) is 0. The van der Waals surface area contributed by atoms with Gasteiger partial charge in [-0.3, -0.25) is 4.98 Å². The molecule has 3 rings (SSSR count). The zero-order valence-electron chi connectivity index (χ0n) is 9.10. The van der Waals surface area contributed by atoms with Gasteiger partial charge in [0, 0.05) is 15.3 Å². The quantitative estimate of drug-likeness (QED) is 0.598. The maximum absolute atomic E-state index is 4.49. The predicted molar refractivity (Wildman–Crippen MR) is 79.9 cm³/mol. The lowest BCUT2D eigenvalue weighted by molar-refractivity contribution is 1.31. The molecule has 1 nitrogen and oxygen atoms in total. The van der Waals surface area contributed by atoms with Crippen LogP contribution < -0.4 is 0 Å². The molecular formula is C15H10IN. The van der Waals surface area contributed by atoms with E-state index in [0.717, 1.165) is 9.26 Å². The Hall–Kier alpha value is -1.42. The van der Waals surface area contributed by atoms with Crippen LogP contribution in [0.5, 0.6) is 0 Å². The fourth-order valence-electron chi connectivity index (χ4n) is 1.98. The second-order valence-corrected chi connectivity index (χ2v) is 5.13. The van der Waals surface area contributed by atoms with Gasteiger partial charge in [-0.15, -0.1) is 0 Å². The summed E-state index contributed by atoms with van der Waals surface area (Å²) < 4.78 is 1.16. The SMILES string of the molecule is Ic1ccc(-c2cccc3ccccc23)nc1. The first-order valence-corrected chi connectivity index (χ1v) is 6.52. The van der Waals surface area contributed by atoms with Crippen molar-refractivity contribution >= 4 is 33.4 Å². The first-order valence-electron chi connectivity index (χ1n) is 5.44. The Kier molecular flexibility index (Phi) is 2.81. The third kappa shape index (κ3) is 2.05. The van der Waals surface area contributed by atoms with Crippen molar-refractivity contribution in [1.29, 1.82) is 0 Å². The summed E-state index contributed by atoms with van der Waals surface area (Å²) in [5, 5.41) is 2.51. The van der Waals surface area contributed by atoms with Gasteiger partial charge < -0.3 is 0 Å². The first kappa shape index (κ1) is 10.7. The van der Waals surface area contributed by atoms with E-state index in [1.54, 1.807) is 0 Å². The van der Waals surface area contributed by atoms with Crippen LogP contribution in [0.1, 0.15) is 0 Å². The molecule has 3 aromatic rings. The molecule has 0 atom stereocenters. The number of nitrogens with zero attached hydrogens (tertiary/aromatic N) is 1. The Balaban J connectivity index is 2.27. The number of hydrogen-bond acceptors (Lipinski definition) is 1. The van der Waals surface area contributed by atoms with Gasteiger partial charge in [-0.2, -0.15) is 0 Å². The van der Waals surface area contributed by atoms with E-state index in [1.807, 2.05) is 6.20 Å². The molecular weight excluding hydrogens is 321 g/mol. The van der Waals surface area contributed by atoms with Crippen LogP contribution in [0, 0.1) is 3.57 Å². The number of halogens is 1. The molecule has 82 valence electrons. The largest absolute Gasteiger partial charge is 0.255 e. The third-order valence-corrected chi connectivity index (χ3v) is 3.43. The summed E-state index contributed by atoms with van der Waals surface area (Å²) >= 11 is 2.27. The molecule has 0 aliphatic heterocycles. The number of pyridine rings is 1. The Labute approximate surface area is 114 Å². The van der Waals surface area contributed by atoms with Crippen LogP contribution in [0.2, 0.25) is 0 Å². The molecule has 0 saturated carbocycles. The molecule has 17 heavy (non-hydrogen) atoms. The topological polar surface area (TPSA) is 12.9 Å². The van der Waals surface area contributed by atoms with Gasteiger partial charge in [0.25, 0.3) is 0 Å². The summed E-state index contributed by atoms with van der Waals surface area (Å²) in [5.41, 5.74) is 2.22. The Bertz CT molecular complexity index is 654. The van der Waals surface area contributed by atoms with Crippen LogP contribution in [0.25, 0.3) is 22.0 Å². The van der Waals surface area contributed by atoms with Gasteiger partial charge in [0.1, 0.15) is 0 Å². The molecule has 1 aromatic heterocycles. The summed E-state index contributed by atoms with van der Waals surface area (Å²) in [6.07, 6.45) is 1.90. The molecule has 0 radical (unpaired) electrons. The predicted octanol–water partition coefficient (Wildman–Crippen LogP) is 4.51. The van der Waals surface area contributed by atoms with Crippen LogP contribution in [0.3, 0.4) is 0 Å². The highest BCUT2D eigenvalue weighted by atomic mass is 127. The molecule has 0 aliphatic carbocycles. The lowest BCUT2D eigenvalue weighted by atomic mass is 10.0. The van der Waals surface area contributed by atoms with E-state index in [4.69, 9.17) is 0 Å². The van der Waals surface area contributed by atoms with Crippen molar-refractivity contribution in [1.82, 2.24) is 4.98 Å². The zero-order chi connectivity index (χ0) is 11.7. The van der Waals surface area contributed by atoms with Gasteiger partial charge in [-0.05, 0) is 45.5 Å². The van der Waals surface area contributed by atoms with Crippen molar-refractivity contribution in [2.45, 2.75) is 0 Å². The molecule has 0 saturated heterocycles. The number of rotatable bonds is 1. The molecule has 0 N–H and O–H groups in total. The second kappa shape index (κ2) is 4.45. The van der Waals surface area contributed by atoms with Gasteiger partial charge in [-0.25, -0.2) is 0 Å². The molecule has 0 spiro atoms. The first-order chi connectivity index (χ1) is 8.34. The van der Waals surface area contributed by atoms with Crippen LogP contribution in [-0.4, -0.2) is 4.98 Å². The highest BCUT2D eigenvalue weighted by Crippen LogP contribution is 2.27. The Morgan fingerprint density at radius 2 is 1.65 bits per heavy atom. The molecule has 2 aromatic carbocycles. The molecule has 0 bridgehead atoms. The van der Waals surface area contributed by atoms with E-state index in [1.165, 1.54) is 16.3 Å². The van der Waals surface area contributed by atoms with Crippen molar-refractivity contribution < 1.29 is 0 Å². The molecule has 0 amide bonds.